The lowest BCUT2D eigenvalue weighted by atomic mass is 10.2. The molecule has 1 rings (SSSR count). The molecule has 0 amide bonds. The van der Waals surface area contributed by atoms with Crippen molar-refractivity contribution in [2.75, 3.05) is 19.6 Å². The van der Waals surface area contributed by atoms with Crippen molar-refractivity contribution in [3.63, 3.8) is 0 Å². The lowest BCUT2D eigenvalue weighted by molar-refractivity contribution is 0.443. The van der Waals surface area contributed by atoms with Crippen LogP contribution in [0.2, 0.25) is 0 Å². The van der Waals surface area contributed by atoms with Crippen LogP contribution in [-0.2, 0) is 16.6 Å². The summed E-state index contributed by atoms with van der Waals surface area (Å²) in [4.78, 5) is 0.0600. The van der Waals surface area contributed by atoms with Crippen LogP contribution in [0, 0.1) is 5.82 Å². The van der Waals surface area contributed by atoms with E-state index in [0.29, 0.717) is 25.2 Å². The quantitative estimate of drug-likeness (QED) is 0.750. The van der Waals surface area contributed by atoms with Crippen molar-refractivity contribution >= 4 is 10.0 Å². The van der Waals surface area contributed by atoms with Crippen LogP contribution in [-0.4, -0.2) is 32.4 Å². The van der Waals surface area contributed by atoms with E-state index in [1.165, 1.54) is 16.4 Å². The second kappa shape index (κ2) is 7.71. The van der Waals surface area contributed by atoms with Crippen molar-refractivity contribution < 1.29 is 12.8 Å². The van der Waals surface area contributed by atoms with Crippen molar-refractivity contribution in [1.82, 2.24) is 9.62 Å². The Labute approximate surface area is 121 Å². The van der Waals surface area contributed by atoms with Crippen LogP contribution in [0.5, 0.6) is 0 Å². The molecular formula is C14H23FN2O2S. The van der Waals surface area contributed by atoms with Gasteiger partial charge in [0.2, 0.25) is 10.0 Å². The van der Waals surface area contributed by atoms with Crippen LogP contribution in [0.15, 0.2) is 23.1 Å². The number of rotatable bonds is 8. The monoisotopic (exact) mass is 302 g/mol. The summed E-state index contributed by atoms with van der Waals surface area (Å²) >= 11 is 0. The van der Waals surface area contributed by atoms with Gasteiger partial charge in [-0.05, 0) is 30.7 Å². The summed E-state index contributed by atoms with van der Waals surface area (Å²) in [6.45, 7) is 7.54. The summed E-state index contributed by atoms with van der Waals surface area (Å²) in [5.41, 5.74) is 0.603. The van der Waals surface area contributed by atoms with Gasteiger partial charge in [0.05, 0.1) is 4.90 Å². The molecule has 0 heterocycles. The number of nitrogens with zero attached hydrogens (tertiary/aromatic N) is 1. The van der Waals surface area contributed by atoms with Gasteiger partial charge in [-0.25, -0.2) is 12.8 Å². The van der Waals surface area contributed by atoms with Crippen LogP contribution in [0.25, 0.3) is 0 Å². The Morgan fingerprint density at radius 1 is 1.20 bits per heavy atom. The molecule has 0 aliphatic rings. The van der Waals surface area contributed by atoms with E-state index in [1.54, 1.807) is 13.8 Å². The van der Waals surface area contributed by atoms with E-state index < -0.39 is 15.8 Å². The highest BCUT2D eigenvalue weighted by Crippen LogP contribution is 2.21. The van der Waals surface area contributed by atoms with E-state index in [4.69, 9.17) is 0 Å². The highest BCUT2D eigenvalue weighted by molar-refractivity contribution is 7.89. The molecule has 0 saturated carbocycles. The molecular weight excluding hydrogens is 279 g/mol. The average molecular weight is 302 g/mol. The van der Waals surface area contributed by atoms with Crippen molar-refractivity contribution in [3.8, 4) is 0 Å². The summed E-state index contributed by atoms with van der Waals surface area (Å²) < 4.78 is 39.8. The molecule has 1 aromatic carbocycles. The largest absolute Gasteiger partial charge is 0.313 e. The van der Waals surface area contributed by atoms with Gasteiger partial charge in [-0.3, -0.25) is 0 Å². The van der Waals surface area contributed by atoms with Crippen molar-refractivity contribution in [1.29, 1.82) is 0 Å². The highest BCUT2D eigenvalue weighted by atomic mass is 32.2. The maximum absolute atomic E-state index is 13.4. The predicted molar refractivity (Wildman–Crippen MR) is 78.5 cm³/mol. The minimum absolute atomic E-state index is 0.0600. The van der Waals surface area contributed by atoms with Gasteiger partial charge in [-0.2, -0.15) is 4.31 Å². The maximum atomic E-state index is 13.4. The molecule has 1 N–H and O–H groups in total. The van der Waals surface area contributed by atoms with E-state index in [2.05, 4.69) is 5.32 Å². The third kappa shape index (κ3) is 4.01. The Kier molecular flexibility index (Phi) is 6.58. The molecule has 0 aromatic heterocycles. The van der Waals surface area contributed by atoms with Gasteiger partial charge in [0, 0.05) is 19.6 Å². The molecule has 20 heavy (non-hydrogen) atoms. The predicted octanol–water partition coefficient (Wildman–Crippen LogP) is 2.36. The molecule has 0 radical (unpaired) electrons. The molecule has 0 spiro atoms. The third-order valence-electron chi connectivity index (χ3n) is 3.09. The molecule has 1 aromatic rings. The second-order valence-corrected chi connectivity index (χ2v) is 6.42. The van der Waals surface area contributed by atoms with Crippen LogP contribution in [0.4, 0.5) is 4.39 Å². The zero-order valence-corrected chi connectivity index (χ0v) is 13.1. The van der Waals surface area contributed by atoms with E-state index >= 15 is 0 Å². The Morgan fingerprint density at radius 2 is 1.85 bits per heavy atom. The molecule has 114 valence electrons. The molecule has 0 saturated heterocycles. The van der Waals surface area contributed by atoms with Crippen LogP contribution in [0.1, 0.15) is 32.8 Å². The summed E-state index contributed by atoms with van der Waals surface area (Å²) in [6.07, 6.45) is 0.958. The number of nitrogens with one attached hydrogen (secondary N) is 1. The SMILES string of the molecule is CCCNCc1ccc(F)cc1S(=O)(=O)N(CC)CC. The smallest absolute Gasteiger partial charge is 0.243 e. The minimum Gasteiger partial charge on any atom is -0.313 e. The summed E-state index contributed by atoms with van der Waals surface area (Å²) in [7, 11) is -3.64. The number of benzene rings is 1. The second-order valence-electron chi connectivity index (χ2n) is 4.52. The summed E-state index contributed by atoms with van der Waals surface area (Å²) in [6, 6.07) is 3.94. The molecule has 0 fully saturated rings. The van der Waals surface area contributed by atoms with Crippen molar-refractivity contribution in [3.05, 3.63) is 29.6 Å². The Hall–Kier alpha value is -0.980. The Morgan fingerprint density at radius 3 is 2.40 bits per heavy atom. The first-order chi connectivity index (χ1) is 9.47. The molecule has 0 atom stereocenters. The van der Waals surface area contributed by atoms with E-state index in [0.717, 1.165) is 19.0 Å². The van der Waals surface area contributed by atoms with Gasteiger partial charge >= 0.3 is 0 Å². The topological polar surface area (TPSA) is 49.4 Å². The number of halogens is 1. The minimum atomic E-state index is -3.64. The first-order valence-corrected chi connectivity index (χ1v) is 8.40. The number of hydrogen-bond acceptors (Lipinski definition) is 3. The van der Waals surface area contributed by atoms with Crippen molar-refractivity contribution in [2.45, 2.75) is 38.6 Å². The average Bonchev–Trinajstić information content (AvgIpc) is 2.41. The van der Waals surface area contributed by atoms with Crippen LogP contribution < -0.4 is 5.32 Å². The molecule has 6 heteroatoms. The van der Waals surface area contributed by atoms with Crippen LogP contribution in [0.3, 0.4) is 0 Å². The van der Waals surface area contributed by atoms with Crippen molar-refractivity contribution in [2.24, 2.45) is 0 Å². The normalized spacial score (nSPS) is 12.1. The lowest BCUT2D eigenvalue weighted by Crippen LogP contribution is -2.32. The Balaban J connectivity index is 3.17. The number of hydrogen-bond donors (Lipinski definition) is 1. The van der Waals surface area contributed by atoms with E-state index in [1.807, 2.05) is 6.92 Å². The molecule has 0 aliphatic carbocycles. The standard InChI is InChI=1S/C14H23FN2O2S/c1-4-9-16-11-12-7-8-13(15)10-14(12)20(18,19)17(5-2)6-3/h7-8,10,16H,4-6,9,11H2,1-3H3. The fourth-order valence-corrected chi connectivity index (χ4v) is 3.71. The van der Waals surface area contributed by atoms with Gasteiger partial charge in [0.25, 0.3) is 0 Å². The fraction of sp³-hybridized carbons (Fsp3) is 0.571. The summed E-state index contributed by atoms with van der Waals surface area (Å²) in [5.74, 6) is -0.532. The van der Waals surface area contributed by atoms with Gasteiger partial charge in [0.15, 0.2) is 0 Å². The third-order valence-corrected chi connectivity index (χ3v) is 5.23. The zero-order valence-electron chi connectivity index (χ0n) is 12.3. The highest BCUT2D eigenvalue weighted by Gasteiger charge is 2.25. The van der Waals surface area contributed by atoms with Gasteiger partial charge in [-0.1, -0.05) is 26.8 Å². The maximum Gasteiger partial charge on any atom is 0.243 e. The van der Waals surface area contributed by atoms with E-state index in [9.17, 15) is 12.8 Å². The van der Waals surface area contributed by atoms with Crippen LogP contribution >= 0.6 is 0 Å². The Bertz CT molecular complexity index is 528. The van der Waals surface area contributed by atoms with Gasteiger partial charge < -0.3 is 5.32 Å². The lowest BCUT2D eigenvalue weighted by Gasteiger charge is -2.20. The van der Waals surface area contributed by atoms with E-state index in [-0.39, 0.29) is 4.90 Å². The first kappa shape index (κ1) is 17.1. The molecule has 0 bridgehead atoms. The molecule has 4 nitrogen and oxygen atoms in total. The summed E-state index contributed by atoms with van der Waals surface area (Å²) in [5, 5.41) is 3.15. The van der Waals surface area contributed by atoms with Gasteiger partial charge in [0.1, 0.15) is 5.82 Å². The molecule has 0 aliphatic heterocycles. The number of sulfonamides is 1. The zero-order chi connectivity index (χ0) is 15.2. The first-order valence-electron chi connectivity index (χ1n) is 6.96. The van der Waals surface area contributed by atoms with Gasteiger partial charge in [-0.15, -0.1) is 0 Å². The molecule has 0 unspecified atom stereocenters. The fourth-order valence-electron chi connectivity index (χ4n) is 2.02.